The van der Waals surface area contributed by atoms with E-state index in [4.69, 9.17) is 9.97 Å². The molecule has 0 saturated heterocycles. The summed E-state index contributed by atoms with van der Waals surface area (Å²) in [4.78, 5) is 10.1. The first kappa shape index (κ1) is 22.5. The number of benzene rings is 2. The van der Waals surface area contributed by atoms with E-state index in [1.165, 1.54) is 109 Å². The van der Waals surface area contributed by atoms with Gasteiger partial charge >= 0.3 is 0 Å². The van der Waals surface area contributed by atoms with Crippen LogP contribution in [0.25, 0.3) is 28.1 Å². The Morgan fingerprint density at radius 2 is 1.31 bits per heavy atom. The van der Waals surface area contributed by atoms with E-state index in [9.17, 15) is 0 Å². The van der Waals surface area contributed by atoms with Crippen LogP contribution in [0.5, 0.6) is 0 Å². The highest BCUT2D eigenvalue weighted by Crippen LogP contribution is 2.42. The molecule has 0 radical (unpaired) electrons. The van der Waals surface area contributed by atoms with Gasteiger partial charge in [-0.25, -0.2) is 14.5 Å². The van der Waals surface area contributed by atoms with Crippen molar-refractivity contribution in [1.29, 1.82) is 0 Å². The number of para-hydroxylation sites is 2. The molecule has 0 bridgehead atoms. The smallest absolute Gasteiger partial charge is 0.237 e. The molecule has 2 saturated carbocycles. The van der Waals surface area contributed by atoms with Crippen molar-refractivity contribution in [3.63, 3.8) is 0 Å². The molecule has 2 heterocycles. The lowest BCUT2D eigenvalue weighted by molar-refractivity contribution is -0.633. The fraction of sp³-hybridized carbons (Fsp3) is 0.452. The summed E-state index contributed by atoms with van der Waals surface area (Å²) in [6.45, 7) is 2.23. The van der Waals surface area contributed by atoms with Gasteiger partial charge in [-0.05, 0) is 56.4 Å². The number of imidazole rings is 1. The van der Waals surface area contributed by atoms with Gasteiger partial charge in [0.1, 0.15) is 6.33 Å². The number of hydrogen-bond acceptors (Lipinski definition) is 2. The van der Waals surface area contributed by atoms with Crippen molar-refractivity contribution in [1.82, 2.24) is 14.5 Å². The second kappa shape index (κ2) is 9.56. The van der Waals surface area contributed by atoms with E-state index in [2.05, 4.69) is 71.6 Å². The lowest BCUT2D eigenvalue weighted by Gasteiger charge is -2.26. The van der Waals surface area contributed by atoms with Crippen LogP contribution in [0.3, 0.4) is 0 Å². The summed E-state index contributed by atoms with van der Waals surface area (Å²) in [6.07, 6.45) is 14.7. The number of nitrogens with zero attached hydrogens (tertiary/aromatic N) is 4. The van der Waals surface area contributed by atoms with Crippen LogP contribution in [0.4, 0.5) is 0 Å². The molecule has 2 fully saturated rings. The standard InChI is InChI=1S/C31H37N4/c1-22-13-9-10-18-25(22)31-34(2)26-19-11-12-20-27(26)35(31)30-28(23-14-5-3-6-15-23)32-21-33-29(30)24-16-7-4-8-17-24/h9-13,18-21,23-24H,3-8,14-17H2,1-2H3/q+1. The maximum absolute atomic E-state index is 5.07. The van der Waals surface area contributed by atoms with Gasteiger partial charge in [0.2, 0.25) is 0 Å². The zero-order valence-electron chi connectivity index (χ0n) is 21.2. The second-order valence-corrected chi connectivity index (χ2v) is 10.7. The average molecular weight is 466 g/mol. The summed E-state index contributed by atoms with van der Waals surface area (Å²) in [7, 11) is 2.21. The number of aromatic nitrogens is 4. The van der Waals surface area contributed by atoms with Crippen LogP contribution in [0.15, 0.2) is 54.9 Å². The van der Waals surface area contributed by atoms with Gasteiger partial charge in [0.15, 0.2) is 16.7 Å². The number of fused-ring (bicyclic) bond motifs is 1. The van der Waals surface area contributed by atoms with E-state index in [1.807, 2.05) is 6.33 Å². The fourth-order valence-corrected chi connectivity index (χ4v) is 6.65. The summed E-state index contributed by atoms with van der Waals surface area (Å²) >= 11 is 0. The molecule has 0 spiro atoms. The highest BCUT2D eigenvalue weighted by atomic mass is 15.2. The molecule has 4 nitrogen and oxygen atoms in total. The molecule has 0 aliphatic heterocycles. The first-order chi connectivity index (χ1) is 17.2. The number of aryl methyl sites for hydroxylation is 2. The third-order valence-electron chi connectivity index (χ3n) is 8.49. The molecule has 0 atom stereocenters. The predicted molar refractivity (Wildman–Crippen MR) is 142 cm³/mol. The minimum Gasteiger partial charge on any atom is -0.237 e. The highest BCUT2D eigenvalue weighted by Gasteiger charge is 2.35. The summed E-state index contributed by atoms with van der Waals surface area (Å²) in [5.41, 5.74) is 8.90. The van der Waals surface area contributed by atoms with Crippen LogP contribution in [0, 0.1) is 6.92 Å². The molecule has 2 aromatic heterocycles. The molecule has 180 valence electrons. The Hall–Kier alpha value is -3.01. The Balaban J connectivity index is 1.69. The minimum absolute atomic E-state index is 0.514. The molecular formula is C31H37N4+. The third kappa shape index (κ3) is 3.97. The summed E-state index contributed by atoms with van der Waals surface area (Å²) in [5.74, 6) is 2.26. The largest absolute Gasteiger partial charge is 0.295 e. The Labute approximate surface area is 209 Å². The molecule has 4 heteroatoms. The molecule has 6 rings (SSSR count). The Morgan fingerprint density at radius 3 is 1.94 bits per heavy atom. The van der Waals surface area contributed by atoms with E-state index in [1.54, 1.807) is 0 Å². The molecule has 0 N–H and O–H groups in total. The number of hydrogen-bond donors (Lipinski definition) is 0. The van der Waals surface area contributed by atoms with Crippen LogP contribution in [0.1, 0.15) is 93.0 Å². The van der Waals surface area contributed by atoms with Gasteiger partial charge < -0.3 is 0 Å². The normalized spacial score (nSPS) is 17.8. The molecule has 35 heavy (non-hydrogen) atoms. The van der Waals surface area contributed by atoms with Crippen molar-refractivity contribution in [3.05, 3.63) is 71.8 Å². The van der Waals surface area contributed by atoms with Gasteiger partial charge in [-0.2, -0.15) is 4.57 Å². The topological polar surface area (TPSA) is 34.6 Å². The zero-order valence-corrected chi connectivity index (χ0v) is 21.2. The highest BCUT2D eigenvalue weighted by molar-refractivity contribution is 5.80. The van der Waals surface area contributed by atoms with Crippen molar-refractivity contribution in [3.8, 4) is 17.1 Å². The van der Waals surface area contributed by atoms with Crippen LogP contribution in [-0.4, -0.2) is 14.5 Å². The van der Waals surface area contributed by atoms with Crippen LogP contribution >= 0.6 is 0 Å². The van der Waals surface area contributed by atoms with Gasteiger partial charge in [0.05, 0.1) is 24.0 Å². The molecular weight excluding hydrogens is 428 g/mol. The van der Waals surface area contributed by atoms with E-state index in [-0.39, 0.29) is 0 Å². The van der Waals surface area contributed by atoms with E-state index in [0.29, 0.717) is 11.8 Å². The molecule has 2 aliphatic carbocycles. The zero-order chi connectivity index (χ0) is 23.8. The predicted octanol–water partition coefficient (Wildman–Crippen LogP) is 7.32. The SMILES string of the molecule is Cc1ccccc1-c1n(-c2c(C3CCCCC3)ncnc2C2CCCCC2)c2ccccc2[n+]1C. The van der Waals surface area contributed by atoms with Gasteiger partial charge in [-0.1, -0.05) is 68.9 Å². The number of rotatable bonds is 4. The Bertz CT molecular complexity index is 1300. The first-order valence-corrected chi connectivity index (χ1v) is 13.6. The quantitative estimate of drug-likeness (QED) is 0.296. The maximum Gasteiger partial charge on any atom is 0.295 e. The fourth-order valence-electron chi connectivity index (χ4n) is 6.65. The van der Waals surface area contributed by atoms with Crippen molar-refractivity contribution in [2.24, 2.45) is 7.05 Å². The van der Waals surface area contributed by atoms with Crippen LogP contribution < -0.4 is 4.57 Å². The summed E-state index contributed by atoms with van der Waals surface area (Å²) in [5, 5.41) is 0. The first-order valence-electron chi connectivity index (χ1n) is 13.6. The third-order valence-corrected chi connectivity index (χ3v) is 8.49. The van der Waals surface area contributed by atoms with Gasteiger partial charge in [-0.3, -0.25) is 0 Å². The lowest BCUT2D eigenvalue weighted by Crippen LogP contribution is -2.31. The lowest BCUT2D eigenvalue weighted by atomic mass is 9.82. The van der Waals surface area contributed by atoms with Crippen LogP contribution in [0.2, 0.25) is 0 Å². The molecule has 0 unspecified atom stereocenters. The van der Waals surface area contributed by atoms with Gasteiger partial charge in [0, 0.05) is 11.8 Å². The van der Waals surface area contributed by atoms with E-state index in [0.717, 1.165) is 0 Å². The monoisotopic (exact) mass is 465 g/mol. The van der Waals surface area contributed by atoms with Crippen molar-refractivity contribution < 1.29 is 4.57 Å². The average Bonchev–Trinajstić information content (AvgIpc) is 3.21. The molecule has 2 aromatic carbocycles. The Kier molecular flexibility index (Phi) is 6.13. The van der Waals surface area contributed by atoms with E-state index >= 15 is 0 Å². The van der Waals surface area contributed by atoms with Gasteiger partial charge in [0.25, 0.3) is 5.82 Å². The van der Waals surface area contributed by atoms with Crippen molar-refractivity contribution >= 4 is 11.0 Å². The summed E-state index contributed by atoms with van der Waals surface area (Å²) < 4.78 is 4.91. The maximum atomic E-state index is 5.07. The molecule has 4 aromatic rings. The second-order valence-electron chi connectivity index (χ2n) is 10.7. The van der Waals surface area contributed by atoms with Crippen molar-refractivity contribution in [2.75, 3.05) is 0 Å². The summed E-state index contributed by atoms with van der Waals surface area (Å²) in [6, 6.07) is 17.6. The molecule has 2 aliphatic rings. The van der Waals surface area contributed by atoms with Gasteiger partial charge in [-0.15, -0.1) is 0 Å². The minimum atomic E-state index is 0.514. The Morgan fingerprint density at radius 1 is 0.743 bits per heavy atom. The van der Waals surface area contributed by atoms with Crippen LogP contribution in [-0.2, 0) is 7.05 Å². The van der Waals surface area contributed by atoms with E-state index < -0.39 is 0 Å². The van der Waals surface area contributed by atoms with Crippen molar-refractivity contribution in [2.45, 2.75) is 83.0 Å². The molecule has 0 amide bonds.